The van der Waals surface area contributed by atoms with Crippen molar-refractivity contribution in [1.82, 2.24) is 10.6 Å². The van der Waals surface area contributed by atoms with E-state index in [1.165, 1.54) is 6.07 Å². The predicted molar refractivity (Wildman–Crippen MR) is 87.9 cm³/mol. The zero-order valence-corrected chi connectivity index (χ0v) is 13.6. The summed E-state index contributed by atoms with van der Waals surface area (Å²) in [5, 5.41) is 5.21. The molecule has 130 valence electrons. The minimum Gasteiger partial charge on any atom is -0.454 e. The summed E-state index contributed by atoms with van der Waals surface area (Å²) in [5.74, 6) is 0.0841. The van der Waals surface area contributed by atoms with E-state index in [2.05, 4.69) is 10.6 Å². The summed E-state index contributed by atoms with van der Waals surface area (Å²) >= 11 is 0. The van der Waals surface area contributed by atoms with Crippen LogP contribution in [0.3, 0.4) is 0 Å². The third-order valence-corrected chi connectivity index (χ3v) is 3.76. The molecule has 3 rings (SSSR count). The highest BCUT2D eigenvalue weighted by Crippen LogP contribution is 2.32. The first-order chi connectivity index (χ1) is 12.0. The van der Waals surface area contributed by atoms with Gasteiger partial charge < -0.3 is 20.1 Å². The topological polar surface area (TPSA) is 76.7 Å². The molecule has 0 fully saturated rings. The van der Waals surface area contributed by atoms with Crippen molar-refractivity contribution < 1.29 is 23.5 Å². The first-order valence-electron chi connectivity index (χ1n) is 7.72. The largest absolute Gasteiger partial charge is 0.454 e. The fraction of sp³-hybridized carbons (Fsp3) is 0.222. The summed E-state index contributed by atoms with van der Waals surface area (Å²) in [6.45, 7) is 1.89. The molecule has 2 N–H and O–H groups in total. The average molecular weight is 344 g/mol. The highest BCUT2D eigenvalue weighted by atomic mass is 19.1. The van der Waals surface area contributed by atoms with Gasteiger partial charge in [0, 0.05) is 12.1 Å². The Labute approximate surface area is 143 Å². The van der Waals surface area contributed by atoms with Gasteiger partial charge in [0.2, 0.25) is 12.7 Å². The summed E-state index contributed by atoms with van der Waals surface area (Å²) in [6, 6.07) is 9.44. The van der Waals surface area contributed by atoms with Gasteiger partial charge in [-0.15, -0.1) is 0 Å². The molecule has 2 aromatic carbocycles. The fourth-order valence-electron chi connectivity index (χ4n) is 2.38. The molecule has 2 amide bonds. The summed E-state index contributed by atoms with van der Waals surface area (Å²) in [4.78, 5) is 23.9. The van der Waals surface area contributed by atoms with Crippen molar-refractivity contribution in [3.8, 4) is 11.5 Å². The molecule has 0 aliphatic carbocycles. The Morgan fingerprint density at radius 2 is 1.88 bits per heavy atom. The molecule has 1 aliphatic rings. The smallest absolute Gasteiger partial charge is 0.251 e. The van der Waals surface area contributed by atoms with Crippen LogP contribution in [0.1, 0.15) is 21.5 Å². The van der Waals surface area contributed by atoms with Crippen LogP contribution in [0.5, 0.6) is 11.5 Å². The lowest BCUT2D eigenvalue weighted by atomic mass is 10.1. The Kier molecular flexibility index (Phi) is 4.83. The van der Waals surface area contributed by atoms with E-state index in [4.69, 9.17) is 9.47 Å². The van der Waals surface area contributed by atoms with E-state index in [0.29, 0.717) is 22.6 Å². The Hall–Kier alpha value is -3.09. The molecule has 1 heterocycles. The Morgan fingerprint density at radius 1 is 1.08 bits per heavy atom. The molecule has 0 unspecified atom stereocenters. The maximum Gasteiger partial charge on any atom is 0.251 e. The summed E-state index contributed by atoms with van der Waals surface area (Å²) < 4.78 is 23.6. The van der Waals surface area contributed by atoms with Gasteiger partial charge in [-0.1, -0.05) is 12.1 Å². The molecule has 2 aromatic rings. The summed E-state index contributed by atoms with van der Waals surface area (Å²) in [5.41, 5.74) is 1.68. The SMILES string of the molecule is Cc1cc(CNC(=O)CNC(=O)c2ccc3c(c2)OCO3)ccc1F. The van der Waals surface area contributed by atoms with Gasteiger partial charge in [0.05, 0.1) is 6.54 Å². The Bertz CT molecular complexity index is 823. The monoisotopic (exact) mass is 344 g/mol. The van der Waals surface area contributed by atoms with E-state index in [-0.39, 0.29) is 37.5 Å². The number of amides is 2. The van der Waals surface area contributed by atoms with E-state index in [9.17, 15) is 14.0 Å². The number of rotatable bonds is 5. The minimum atomic E-state index is -0.383. The zero-order chi connectivity index (χ0) is 17.8. The van der Waals surface area contributed by atoms with Gasteiger partial charge in [-0.2, -0.15) is 0 Å². The number of carbonyl (C=O) groups is 2. The van der Waals surface area contributed by atoms with E-state index < -0.39 is 0 Å². The molecule has 0 atom stereocenters. The summed E-state index contributed by atoms with van der Waals surface area (Å²) in [6.07, 6.45) is 0. The zero-order valence-electron chi connectivity index (χ0n) is 13.6. The van der Waals surface area contributed by atoms with Gasteiger partial charge in [0.25, 0.3) is 5.91 Å². The predicted octanol–water partition coefficient (Wildman–Crippen LogP) is 1.91. The number of ether oxygens (including phenoxy) is 2. The molecule has 0 saturated heterocycles. The molecule has 0 aromatic heterocycles. The number of carbonyl (C=O) groups excluding carboxylic acids is 2. The number of nitrogens with one attached hydrogen (secondary N) is 2. The van der Waals surface area contributed by atoms with Crippen molar-refractivity contribution in [2.24, 2.45) is 0 Å². The molecule has 0 saturated carbocycles. The lowest BCUT2D eigenvalue weighted by Gasteiger charge is -2.08. The van der Waals surface area contributed by atoms with Gasteiger partial charge in [-0.05, 0) is 42.3 Å². The van der Waals surface area contributed by atoms with E-state index in [1.54, 1.807) is 37.3 Å². The van der Waals surface area contributed by atoms with Crippen LogP contribution >= 0.6 is 0 Å². The normalized spacial score (nSPS) is 11.9. The Morgan fingerprint density at radius 3 is 2.68 bits per heavy atom. The first-order valence-corrected chi connectivity index (χ1v) is 7.72. The molecule has 0 radical (unpaired) electrons. The van der Waals surface area contributed by atoms with Crippen LogP contribution in [0.25, 0.3) is 0 Å². The van der Waals surface area contributed by atoms with Crippen molar-refractivity contribution in [1.29, 1.82) is 0 Å². The molecule has 25 heavy (non-hydrogen) atoms. The van der Waals surface area contributed by atoms with Gasteiger partial charge in [-0.25, -0.2) is 4.39 Å². The number of hydrogen-bond acceptors (Lipinski definition) is 4. The molecule has 7 heteroatoms. The van der Waals surface area contributed by atoms with Crippen LogP contribution < -0.4 is 20.1 Å². The number of halogens is 1. The second kappa shape index (κ2) is 7.21. The maximum absolute atomic E-state index is 13.2. The molecular formula is C18H17FN2O4. The number of fused-ring (bicyclic) bond motifs is 1. The molecule has 0 spiro atoms. The lowest BCUT2D eigenvalue weighted by molar-refractivity contribution is -0.120. The van der Waals surface area contributed by atoms with Gasteiger partial charge in [0.15, 0.2) is 11.5 Å². The van der Waals surface area contributed by atoms with Crippen LogP contribution in [0.4, 0.5) is 4.39 Å². The van der Waals surface area contributed by atoms with Crippen LogP contribution in [0.2, 0.25) is 0 Å². The highest BCUT2D eigenvalue weighted by molar-refractivity contribution is 5.97. The number of hydrogen-bond donors (Lipinski definition) is 2. The molecule has 0 bridgehead atoms. The fourth-order valence-corrected chi connectivity index (χ4v) is 2.38. The average Bonchev–Trinajstić information content (AvgIpc) is 3.08. The second-order valence-corrected chi connectivity index (χ2v) is 5.61. The lowest BCUT2D eigenvalue weighted by Crippen LogP contribution is -2.36. The quantitative estimate of drug-likeness (QED) is 0.869. The standard InChI is InChI=1S/C18H17FN2O4/c1-11-6-12(2-4-14(11)19)8-20-17(22)9-21-18(23)13-3-5-15-16(7-13)25-10-24-15/h2-7H,8-10H2,1H3,(H,20,22)(H,21,23). The number of benzene rings is 2. The second-order valence-electron chi connectivity index (χ2n) is 5.61. The highest BCUT2D eigenvalue weighted by Gasteiger charge is 2.16. The van der Waals surface area contributed by atoms with E-state index in [0.717, 1.165) is 5.56 Å². The van der Waals surface area contributed by atoms with Crippen LogP contribution in [-0.2, 0) is 11.3 Å². The van der Waals surface area contributed by atoms with Gasteiger partial charge in [-0.3, -0.25) is 9.59 Å². The van der Waals surface area contributed by atoms with Gasteiger partial charge >= 0.3 is 0 Å². The van der Waals surface area contributed by atoms with Crippen molar-refractivity contribution >= 4 is 11.8 Å². The first kappa shape index (κ1) is 16.8. The third-order valence-electron chi connectivity index (χ3n) is 3.76. The number of aryl methyl sites for hydroxylation is 1. The van der Waals surface area contributed by atoms with Crippen LogP contribution in [0, 0.1) is 12.7 Å². The molecular weight excluding hydrogens is 327 g/mol. The minimum absolute atomic E-state index is 0.131. The maximum atomic E-state index is 13.2. The van der Waals surface area contributed by atoms with E-state index >= 15 is 0 Å². The van der Waals surface area contributed by atoms with Crippen molar-refractivity contribution in [2.75, 3.05) is 13.3 Å². The molecule has 6 nitrogen and oxygen atoms in total. The van der Waals surface area contributed by atoms with Crippen molar-refractivity contribution in [3.05, 3.63) is 58.9 Å². The third kappa shape index (κ3) is 4.06. The summed E-state index contributed by atoms with van der Waals surface area (Å²) in [7, 11) is 0. The van der Waals surface area contributed by atoms with E-state index in [1.807, 2.05) is 0 Å². The molecule has 1 aliphatic heterocycles. The van der Waals surface area contributed by atoms with Crippen LogP contribution in [0.15, 0.2) is 36.4 Å². The van der Waals surface area contributed by atoms with Crippen molar-refractivity contribution in [2.45, 2.75) is 13.5 Å². The van der Waals surface area contributed by atoms with Crippen molar-refractivity contribution in [3.63, 3.8) is 0 Å². The van der Waals surface area contributed by atoms with Crippen LogP contribution in [-0.4, -0.2) is 25.2 Å². The van der Waals surface area contributed by atoms with Gasteiger partial charge in [0.1, 0.15) is 5.82 Å². The Balaban J connectivity index is 1.48.